The van der Waals surface area contributed by atoms with Crippen LogP contribution in [0, 0.1) is 13.8 Å². The fourth-order valence-corrected chi connectivity index (χ4v) is 3.73. The zero-order valence-electron chi connectivity index (χ0n) is 17.1. The molecule has 0 unspecified atom stereocenters. The average Bonchev–Trinajstić information content (AvgIpc) is 2.75. The summed E-state index contributed by atoms with van der Waals surface area (Å²) in [6.07, 6.45) is 0. The van der Waals surface area contributed by atoms with E-state index in [9.17, 15) is 14.4 Å². The Kier molecular flexibility index (Phi) is 7.20. The molecule has 3 rings (SSSR count). The van der Waals surface area contributed by atoms with Crippen LogP contribution in [0.5, 0.6) is 0 Å². The van der Waals surface area contributed by atoms with Crippen LogP contribution in [0.3, 0.4) is 0 Å². The molecule has 0 spiro atoms. The van der Waals surface area contributed by atoms with Crippen LogP contribution in [0.15, 0.2) is 71.2 Å². The summed E-state index contributed by atoms with van der Waals surface area (Å²) >= 11 is 3.42. The first-order valence-electron chi connectivity index (χ1n) is 9.54. The fraction of sp³-hybridized carbons (Fsp3) is 0.125. The zero-order chi connectivity index (χ0) is 22.4. The van der Waals surface area contributed by atoms with Gasteiger partial charge < -0.3 is 15.4 Å². The molecule has 3 aromatic carbocycles. The topological polar surface area (TPSA) is 84.5 Å². The summed E-state index contributed by atoms with van der Waals surface area (Å²) < 4.78 is 6.10. The number of benzene rings is 3. The lowest BCUT2D eigenvalue weighted by Crippen LogP contribution is -2.22. The number of amides is 2. The molecule has 0 aliphatic carbocycles. The van der Waals surface area contributed by atoms with Crippen LogP contribution in [0.1, 0.15) is 31.8 Å². The van der Waals surface area contributed by atoms with Gasteiger partial charge in [0.15, 0.2) is 6.61 Å². The second kappa shape index (κ2) is 10.0. The monoisotopic (exact) mass is 480 g/mol. The van der Waals surface area contributed by atoms with Crippen molar-refractivity contribution in [1.82, 2.24) is 0 Å². The van der Waals surface area contributed by atoms with Crippen molar-refractivity contribution in [2.45, 2.75) is 13.8 Å². The minimum Gasteiger partial charge on any atom is -0.452 e. The van der Waals surface area contributed by atoms with Crippen molar-refractivity contribution in [2.24, 2.45) is 0 Å². The summed E-state index contributed by atoms with van der Waals surface area (Å²) in [5.41, 5.74) is 3.39. The van der Waals surface area contributed by atoms with Gasteiger partial charge in [-0.2, -0.15) is 0 Å². The highest BCUT2D eigenvalue weighted by molar-refractivity contribution is 9.10. The molecule has 31 heavy (non-hydrogen) atoms. The molecule has 158 valence electrons. The molecule has 2 amide bonds. The number of nitrogens with one attached hydrogen (secondary N) is 2. The fourth-order valence-electron chi connectivity index (χ4n) is 3.05. The van der Waals surface area contributed by atoms with Gasteiger partial charge in [0, 0.05) is 15.7 Å². The van der Waals surface area contributed by atoms with Gasteiger partial charge in [-0.3, -0.25) is 9.59 Å². The molecular weight excluding hydrogens is 460 g/mol. The Balaban J connectivity index is 1.65. The number of carbonyl (C=O) groups excluding carboxylic acids is 3. The summed E-state index contributed by atoms with van der Waals surface area (Å²) in [6.45, 7) is 3.31. The summed E-state index contributed by atoms with van der Waals surface area (Å²) in [5.74, 6) is -1.50. The largest absolute Gasteiger partial charge is 0.452 e. The van der Waals surface area contributed by atoms with Gasteiger partial charge >= 0.3 is 5.97 Å². The lowest BCUT2D eigenvalue weighted by Gasteiger charge is -2.13. The first-order chi connectivity index (χ1) is 14.8. The zero-order valence-corrected chi connectivity index (χ0v) is 18.7. The number of carbonyl (C=O) groups is 3. The average molecular weight is 481 g/mol. The number of ether oxygens (including phenoxy) is 1. The van der Waals surface area contributed by atoms with Gasteiger partial charge in [0.2, 0.25) is 0 Å². The Morgan fingerprint density at radius 3 is 2.16 bits per heavy atom. The molecule has 0 aromatic heterocycles. The van der Waals surface area contributed by atoms with E-state index in [-0.39, 0.29) is 11.5 Å². The van der Waals surface area contributed by atoms with Crippen LogP contribution < -0.4 is 10.6 Å². The maximum atomic E-state index is 12.6. The Bertz CT molecular complexity index is 1110. The van der Waals surface area contributed by atoms with Crippen molar-refractivity contribution in [3.8, 4) is 0 Å². The SMILES string of the molecule is Cc1cc(Br)cc(C)c1NC(=O)COC(=O)c1ccccc1NC(=O)c1ccccc1. The van der Waals surface area contributed by atoms with E-state index in [4.69, 9.17) is 4.74 Å². The quantitative estimate of drug-likeness (QED) is 0.479. The number of hydrogen-bond donors (Lipinski definition) is 2. The van der Waals surface area contributed by atoms with Gasteiger partial charge in [-0.1, -0.05) is 46.3 Å². The molecule has 0 atom stereocenters. The van der Waals surface area contributed by atoms with Crippen LogP contribution >= 0.6 is 15.9 Å². The smallest absolute Gasteiger partial charge is 0.340 e. The number of hydrogen-bond acceptors (Lipinski definition) is 4. The molecule has 0 radical (unpaired) electrons. The van der Waals surface area contributed by atoms with Crippen LogP contribution in [0.25, 0.3) is 0 Å². The number of halogens is 1. The molecule has 0 aliphatic rings. The van der Waals surface area contributed by atoms with Crippen molar-refractivity contribution < 1.29 is 19.1 Å². The normalized spacial score (nSPS) is 10.3. The molecule has 7 heteroatoms. The number of aryl methyl sites for hydroxylation is 2. The van der Waals surface area contributed by atoms with Crippen LogP contribution in [-0.4, -0.2) is 24.4 Å². The van der Waals surface area contributed by atoms with E-state index in [1.807, 2.05) is 32.0 Å². The van der Waals surface area contributed by atoms with Crippen molar-refractivity contribution in [3.05, 3.63) is 93.5 Å². The maximum Gasteiger partial charge on any atom is 0.340 e. The number of esters is 1. The van der Waals surface area contributed by atoms with E-state index in [1.165, 1.54) is 6.07 Å². The lowest BCUT2D eigenvalue weighted by molar-refractivity contribution is -0.119. The van der Waals surface area contributed by atoms with E-state index in [2.05, 4.69) is 26.6 Å². The first kappa shape index (κ1) is 22.2. The standard InChI is InChI=1S/C24H21BrN2O4/c1-15-12-18(25)13-16(2)22(15)27-21(28)14-31-24(30)19-10-6-7-11-20(19)26-23(29)17-8-4-3-5-9-17/h3-13H,14H2,1-2H3,(H,26,29)(H,27,28). The Hall–Kier alpha value is -3.45. The minimum absolute atomic E-state index is 0.163. The van der Waals surface area contributed by atoms with E-state index in [0.29, 0.717) is 16.9 Å². The summed E-state index contributed by atoms with van der Waals surface area (Å²) in [4.78, 5) is 37.3. The van der Waals surface area contributed by atoms with Crippen LogP contribution in [-0.2, 0) is 9.53 Å². The van der Waals surface area contributed by atoms with Gasteiger partial charge in [-0.15, -0.1) is 0 Å². The van der Waals surface area contributed by atoms with E-state index in [0.717, 1.165) is 15.6 Å². The first-order valence-corrected chi connectivity index (χ1v) is 10.3. The molecule has 2 N–H and O–H groups in total. The number of para-hydroxylation sites is 1. The maximum absolute atomic E-state index is 12.6. The molecular formula is C24H21BrN2O4. The van der Waals surface area contributed by atoms with Crippen LogP contribution in [0.4, 0.5) is 11.4 Å². The molecule has 0 fully saturated rings. The Morgan fingerprint density at radius 1 is 0.871 bits per heavy atom. The van der Waals surface area contributed by atoms with Gasteiger partial charge in [0.25, 0.3) is 11.8 Å². The van der Waals surface area contributed by atoms with Crippen molar-refractivity contribution in [2.75, 3.05) is 17.2 Å². The van der Waals surface area contributed by atoms with E-state index < -0.39 is 18.5 Å². The van der Waals surface area contributed by atoms with E-state index in [1.54, 1.807) is 42.5 Å². The molecule has 0 saturated heterocycles. The molecule has 3 aromatic rings. The third-order valence-electron chi connectivity index (χ3n) is 4.53. The minimum atomic E-state index is -0.705. The second-order valence-corrected chi connectivity index (χ2v) is 7.82. The molecule has 0 saturated carbocycles. The van der Waals surface area contributed by atoms with Crippen molar-refractivity contribution in [1.29, 1.82) is 0 Å². The van der Waals surface area contributed by atoms with E-state index >= 15 is 0 Å². The Labute approximate surface area is 188 Å². The molecule has 0 aliphatic heterocycles. The highest BCUT2D eigenvalue weighted by atomic mass is 79.9. The van der Waals surface area contributed by atoms with Gasteiger partial charge in [0.1, 0.15) is 0 Å². The molecule has 0 heterocycles. The summed E-state index contributed by atoms with van der Waals surface area (Å²) in [6, 6.07) is 18.9. The van der Waals surface area contributed by atoms with Gasteiger partial charge in [0.05, 0.1) is 11.3 Å². The third kappa shape index (κ3) is 5.79. The highest BCUT2D eigenvalue weighted by Gasteiger charge is 2.17. The Morgan fingerprint density at radius 2 is 1.48 bits per heavy atom. The van der Waals surface area contributed by atoms with Gasteiger partial charge in [-0.05, 0) is 61.4 Å². The molecule has 6 nitrogen and oxygen atoms in total. The highest BCUT2D eigenvalue weighted by Crippen LogP contribution is 2.25. The van der Waals surface area contributed by atoms with Gasteiger partial charge in [-0.25, -0.2) is 4.79 Å². The molecule has 0 bridgehead atoms. The number of anilines is 2. The van der Waals surface area contributed by atoms with Crippen LogP contribution in [0.2, 0.25) is 0 Å². The van der Waals surface area contributed by atoms with Crippen molar-refractivity contribution >= 4 is 45.1 Å². The lowest BCUT2D eigenvalue weighted by atomic mass is 10.1. The summed E-state index contributed by atoms with van der Waals surface area (Å²) in [5, 5.41) is 5.48. The number of rotatable bonds is 6. The van der Waals surface area contributed by atoms with Crippen molar-refractivity contribution in [3.63, 3.8) is 0 Å². The second-order valence-electron chi connectivity index (χ2n) is 6.90. The predicted molar refractivity (Wildman–Crippen MR) is 123 cm³/mol. The third-order valence-corrected chi connectivity index (χ3v) is 4.99. The predicted octanol–water partition coefficient (Wildman–Crippen LogP) is 5.11. The summed E-state index contributed by atoms with van der Waals surface area (Å²) in [7, 11) is 0.